The number of ether oxygens (including phenoxy) is 4. The molecule has 7 heteroatoms. The molecule has 0 bridgehead atoms. The second kappa shape index (κ2) is 10.9. The van der Waals surface area contributed by atoms with Gasteiger partial charge in [-0.3, -0.25) is 4.79 Å². The van der Waals surface area contributed by atoms with E-state index in [9.17, 15) is 9.59 Å². The topological polar surface area (TPSA) is 83.1 Å². The molecule has 1 aliphatic carbocycles. The molecule has 2 aromatic rings. The van der Waals surface area contributed by atoms with Crippen molar-refractivity contribution in [3.63, 3.8) is 0 Å². The first kappa shape index (κ1) is 25.4. The number of hydrogen-bond donors (Lipinski definition) is 1. The van der Waals surface area contributed by atoms with Gasteiger partial charge in [0, 0.05) is 34.9 Å². The van der Waals surface area contributed by atoms with Crippen molar-refractivity contribution in [1.82, 2.24) is 5.32 Å². The minimum absolute atomic E-state index is 0.0252. The van der Waals surface area contributed by atoms with E-state index in [0.717, 1.165) is 17.0 Å². The highest BCUT2D eigenvalue weighted by molar-refractivity contribution is 6.04. The van der Waals surface area contributed by atoms with Crippen LogP contribution in [0.2, 0.25) is 0 Å². The lowest BCUT2D eigenvalue weighted by atomic mass is 9.71. The molecule has 0 radical (unpaired) electrons. The zero-order chi connectivity index (χ0) is 25.8. The zero-order valence-corrected chi connectivity index (χ0v) is 21.5. The summed E-state index contributed by atoms with van der Waals surface area (Å²) in [4.78, 5) is 27.2. The van der Waals surface area contributed by atoms with Crippen LogP contribution in [0.25, 0.3) is 0 Å². The van der Waals surface area contributed by atoms with Gasteiger partial charge in [0.1, 0.15) is 5.75 Å². The van der Waals surface area contributed by atoms with Crippen molar-refractivity contribution < 1.29 is 28.5 Å². The number of esters is 1. The molecule has 0 fully saturated rings. The molecule has 1 aliphatic heterocycles. The SMILES string of the molecule is CCCOC(=O)C1=C(C)NC2=C(C(=O)C[C@H](c3ccccc3OC)C2)[C@@H]1c1cccc(OC)c1OC. The molecule has 2 atom stereocenters. The van der Waals surface area contributed by atoms with Crippen molar-refractivity contribution in [3.05, 3.63) is 76.1 Å². The normalized spacial score (nSPS) is 19.4. The minimum atomic E-state index is -0.637. The molecule has 0 saturated carbocycles. The number of methoxy groups -OCH3 is 3. The van der Waals surface area contributed by atoms with Gasteiger partial charge in [0.15, 0.2) is 17.3 Å². The Kier molecular flexibility index (Phi) is 7.67. The van der Waals surface area contributed by atoms with Crippen molar-refractivity contribution in [2.45, 2.75) is 44.9 Å². The number of rotatable bonds is 8. The molecule has 0 saturated heterocycles. The molecule has 2 aromatic carbocycles. The monoisotopic (exact) mass is 491 g/mol. The second-order valence-electron chi connectivity index (χ2n) is 8.98. The van der Waals surface area contributed by atoms with Gasteiger partial charge in [0.05, 0.1) is 39.4 Å². The summed E-state index contributed by atoms with van der Waals surface area (Å²) in [6.45, 7) is 4.09. The summed E-state index contributed by atoms with van der Waals surface area (Å²) >= 11 is 0. The molecule has 4 rings (SSSR count). The van der Waals surface area contributed by atoms with Crippen LogP contribution in [0.15, 0.2) is 65.0 Å². The van der Waals surface area contributed by atoms with E-state index >= 15 is 0 Å². The highest BCUT2D eigenvalue weighted by Gasteiger charge is 2.43. The number of carbonyl (C=O) groups is 2. The maximum atomic E-state index is 13.9. The van der Waals surface area contributed by atoms with Crippen LogP contribution in [0.5, 0.6) is 17.2 Å². The Bertz CT molecular complexity index is 1230. The number of hydrogen-bond acceptors (Lipinski definition) is 7. The summed E-state index contributed by atoms with van der Waals surface area (Å²) in [6, 6.07) is 13.3. The molecular formula is C29H33NO6. The predicted molar refractivity (Wildman–Crippen MR) is 136 cm³/mol. The Balaban J connectivity index is 1.86. The Morgan fingerprint density at radius 1 is 0.944 bits per heavy atom. The van der Waals surface area contributed by atoms with E-state index in [1.807, 2.05) is 50.2 Å². The van der Waals surface area contributed by atoms with E-state index in [1.54, 1.807) is 27.4 Å². The summed E-state index contributed by atoms with van der Waals surface area (Å²) < 4.78 is 22.4. The fourth-order valence-corrected chi connectivity index (χ4v) is 5.26. The van der Waals surface area contributed by atoms with E-state index in [4.69, 9.17) is 18.9 Å². The molecule has 1 N–H and O–H groups in total. The van der Waals surface area contributed by atoms with Crippen LogP contribution in [0, 0.1) is 0 Å². The van der Waals surface area contributed by atoms with Gasteiger partial charge in [-0.15, -0.1) is 0 Å². The molecule has 2 aliphatic rings. The average Bonchev–Trinajstić information content (AvgIpc) is 2.90. The standard InChI is InChI=1S/C29H33NO6/c1-6-14-36-29(32)25-17(2)30-21-15-18(19-10-7-8-12-23(19)33-3)16-22(31)27(21)26(25)20-11-9-13-24(34-4)28(20)35-5/h7-13,18,26,30H,6,14-16H2,1-5H3/t18-,26-/m1/s1. The van der Waals surface area contributed by atoms with Crippen molar-refractivity contribution in [2.75, 3.05) is 27.9 Å². The summed E-state index contributed by atoms with van der Waals surface area (Å²) in [7, 11) is 4.76. The number of allylic oxidation sites excluding steroid dienone is 3. The number of ketones is 1. The van der Waals surface area contributed by atoms with Crippen LogP contribution in [-0.4, -0.2) is 39.7 Å². The van der Waals surface area contributed by atoms with Crippen molar-refractivity contribution in [3.8, 4) is 17.2 Å². The van der Waals surface area contributed by atoms with Crippen LogP contribution in [0.1, 0.15) is 56.1 Å². The third-order valence-corrected chi connectivity index (χ3v) is 6.81. The number of dihydropyridines is 1. The summed E-state index contributed by atoms with van der Waals surface area (Å²) in [5.41, 5.74) is 4.14. The molecule has 36 heavy (non-hydrogen) atoms. The van der Waals surface area contributed by atoms with Gasteiger partial charge in [-0.2, -0.15) is 0 Å². The van der Waals surface area contributed by atoms with E-state index in [0.29, 0.717) is 59.8 Å². The molecule has 0 amide bonds. The van der Waals surface area contributed by atoms with E-state index in [2.05, 4.69) is 5.32 Å². The van der Waals surface area contributed by atoms with Gasteiger partial charge in [-0.05, 0) is 37.5 Å². The molecule has 190 valence electrons. The predicted octanol–water partition coefficient (Wildman–Crippen LogP) is 5.03. The fourth-order valence-electron chi connectivity index (χ4n) is 5.26. The summed E-state index contributed by atoms with van der Waals surface area (Å²) in [5.74, 6) is 0.635. The van der Waals surface area contributed by atoms with Crippen molar-refractivity contribution >= 4 is 11.8 Å². The quantitative estimate of drug-likeness (QED) is 0.519. The smallest absolute Gasteiger partial charge is 0.336 e. The second-order valence-corrected chi connectivity index (χ2v) is 8.98. The number of carbonyl (C=O) groups excluding carboxylic acids is 2. The maximum Gasteiger partial charge on any atom is 0.336 e. The highest BCUT2D eigenvalue weighted by atomic mass is 16.5. The zero-order valence-electron chi connectivity index (χ0n) is 21.5. The van der Waals surface area contributed by atoms with E-state index < -0.39 is 11.9 Å². The van der Waals surface area contributed by atoms with Crippen molar-refractivity contribution in [1.29, 1.82) is 0 Å². The van der Waals surface area contributed by atoms with Gasteiger partial charge >= 0.3 is 5.97 Å². The van der Waals surface area contributed by atoms with Gasteiger partial charge in [0.2, 0.25) is 0 Å². The van der Waals surface area contributed by atoms with Crippen LogP contribution < -0.4 is 19.5 Å². The van der Waals surface area contributed by atoms with Crippen LogP contribution >= 0.6 is 0 Å². The number of para-hydroxylation sites is 2. The molecule has 0 aromatic heterocycles. The molecule has 0 spiro atoms. The lowest BCUT2D eigenvalue weighted by molar-refractivity contribution is -0.139. The van der Waals surface area contributed by atoms with Gasteiger partial charge in [-0.1, -0.05) is 37.3 Å². The Morgan fingerprint density at radius 3 is 2.33 bits per heavy atom. The van der Waals surface area contributed by atoms with E-state index in [1.165, 1.54) is 0 Å². The maximum absolute atomic E-state index is 13.9. The lowest BCUT2D eigenvalue weighted by Gasteiger charge is -2.37. The molecular weight excluding hydrogens is 458 g/mol. The first-order valence-electron chi connectivity index (χ1n) is 12.2. The fraction of sp³-hybridized carbons (Fsp3) is 0.379. The van der Waals surface area contributed by atoms with Gasteiger partial charge in [-0.25, -0.2) is 4.79 Å². The Hall–Kier alpha value is -3.74. The molecule has 0 unspecified atom stereocenters. The number of benzene rings is 2. The number of nitrogens with one attached hydrogen (secondary N) is 1. The van der Waals surface area contributed by atoms with Gasteiger partial charge in [0.25, 0.3) is 0 Å². The summed E-state index contributed by atoms with van der Waals surface area (Å²) in [6.07, 6.45) is 1.62. The molecule has 1 heterocycles. The first-order chi connectivity index (χ1) is 17.4. The number of Topliss-reactive ketones (excluding diaryl/α,β-unsaturated/α-hetero) is 1. The third-order valence-electron chi connectivity index (χ3n) is 6.81. The van der Waals surface area contributed by atoms with Crippen LogP contribution in [0.3, 0.4) is 0 Å². The Labute approximate surface area is 212 Å². The lowest BCUT2D eigenvalue weighted by Crippen LogP contribution is -2.36. The first-order valence-corrected chi connectivity index (χ1v) is 12.2. The van der Waals surface area contributed by atoms with E-state index in [-0.39, 0.29) is 11.7 Å². The third kappa shape index (κ3) is 4.57. The summed E-state index contributed by atoms with van der Waals surface area (Å²) in [5, 5.41) is 3.38. The van der Waals surface area contributed by atoms with Crippen LogP contribution in [0.4, 0.5) is 0 Å². The highest BCUT2D eigenvalue weighted by Crippen LogP contribution is 2.50. The molecule has 7 nitrogen and oxygen atoms in total. The van der Waals surface area contributed by atoms with Crippen LogP contribution in [-0.2, 0) is 14.3 Å². The Morgan fingerprint density at radius 2 is 1.64 bits per heavy atom. The van der Waals surface area contributed by atoms with Gasteiger partial charge < -0.3 is 24.3 Å². The largest absolute Gasteiger partial charge is 0.496 e. The van der Waals surface area contributed by atoms with Crippen molar-refractivity contribution in [2.24, 2.45) is 0 Å². The average molecular weight is 492 g/mol. The minimum Gasteiger partial charge on any atom is -0.496 e.